The Balaban J connectivity index is 1.76. The van der Waals surface area contributed by atoms with Gasteiger partial charge in [-0.15, -0.1) is 0 Å². The van der Waals surface area contributed by atoms with Gasteiger partial charge in [0.25, 0.3) is 10.1 Å². The Hall–Kier alpha value is -3.28. The number of hydrogen-bond donors (Lipinski definition) is 1. The minimum Gasteiger partial charge on any atom is -0.285 e. The van der Waals surface area contributed by atoms with Crippen molar-refractivity contribution in [3.63, 3.8) is 0 Å². The van der Waals surface area contributed by atoms with E-state index in [0.29, 0.717) is 16.8 Å². The van der Waals surface area contributed by atoms with Crippen LogP contribution in [0.1, 0.15) is 22.1 Å². The maximum Gasteiger partial charge on any atom is 0.277 e. The molecule has 0 aliphatic rings. The fourth-order valence-electron chi connectivity index (χ4n) is 4.11. The van der Waals surface area contributed by atoms with Crippen LogP contribution in [0.3, 0.4) is 0 Å². The molecular weight excluding hydrogens is 394 g/mol. The van der Waals surface area contributed by atoms with E-state index in [9.17, 15) is 13.0 Å². The highest BCUT2D eigenvalue weighted by molar-refractivity contribution is 7.86. The SMILES string of the molecule is Cc1cc2cc3ccccc3cc2cc1C(c1ccc2ccccc2n1)S(=O)(=O)O. The number of rotatable bonds is 3. The van der Waals surface area contributed by atoms with E-state index >= 15 is 0 Å². The van der Waals surface area contributed by atoms with Crippen molar-refractivity contribution < 1.29 is 13.0 Å². The zero-order valence-corrected chi connectivity index (χ0v) is 17.1. The molecule has 0 bridgehead atoms. The zero-order chi connectivity index (χ0) is 20.9. The van der Waals surface area contributed by atoms with Crippen LogP contribution in [0.15, 0.2) is 84.9 Å². The van der Waals surface area contributed by atoms with Gasteiger partial charge in [-0.3, -0.25) is 9.54 Å². The van der Waals surface area contributed by atoms with E-state index in [0.717, 1.165) is 32.5 Å². The summed E-state index contributed by atoms with van der Waals surface area (Å²) in [5, 5.41) is 3.81. The molecule has 4 nitrogen and oxygen atoms in total. The quantitative estimate of drug-likeness (QED) is 0.299. The van der Waals surface area contributed by atoms with Crippen molar-refractivity contribution in [2.24, 2.45) is 0 Å². The van der Waals surface area contributed by atoms with E-state index in [1.807, 2.05) is 73.7 Å². The molecule has 0 saturated carbocycles. The lowest BCUT2D eigenvalue weighted by atomic mass is 9.95. The number of benzene rings is 4. The summed E-state index contributed by atoms with van der Waals surface area (Å²) < 4.78 is 35.1. The lowest BCUT2D eigenvalue weighted by Crippen LogP contribution is -2.16. The van der Waals surface area contributed by atoms with E-state index < -0.39 is 15.4 Å². The number of para-hydroxylation sites is 1. The molecule has 1 N–H and O–H groups in total. The largest absolute Gasteiger partial charge is 0.285 e. The molecule has 5 rings (SSSR count). The minimum atomic E-state index is -4.44. The lowest BCUT2D eigenvalue weighted by Gasteiger charge is -2.18. The highest BCUT2D eigenvalue weighted by Gasteiger charge is 2.30. The molecule has 1 heterocycles. The van der Waals surface area contributed by atoms with Crippen molar-refractivity contribution in [2.75, 3.05) is 0 Å². The third-order valence-corrected chi connectivity index (χ3v) is 6.65. The molecule has 1 atom stereocenters. The summed E-state index contributed by atoms with van der Waals surface area (Å²) in [5.74, 6) is 0. The molecule has 1 aromatic heterocycles. The number of hydrogen-bond acceptors (Lipinski definition) is 3. The second-order valence-electron chi connectivity index (χ2n) is 7.58. The van der Waals surface area contributed by atoms with Crippen molar-refractivity contribution in [3.8, 4) is 0 Å². The first-order valence-corrected chi connectivity index (χ1v) is 11.2. The summed E-state index contributed by atoms with van der Waals surface area (Å²) in [4.78, 5) is 4.55. The first kappa shape index (κ1) is 18.7. The van der Waals surface area contributed by atoms with Crippen molar-refractivity contribution in [1.29, 1.82) is 0 Å². The molecule has 30 heavy (non-hydrogen) atoms. The van der Waals surface area contributed by atoms with Crippen molar-refractivity contribution in [2.45, 2.75) is 12.2 Å². The van der Waals surface area contributed by atoms with Gasteiger partial charge in [-0.2, -0.15) is 8.42 Å². The summed E-state index contributed by atoms with van der Waals surface area (Å²) in [6.45, 7) is 1.86. The number of pyridine rings is 1. The molecule has 148 valence electrons. The Kier molecular flexibility index (Phi) is 4.31. The molecule has 0 amide bonds. The number of fused-ring (bicyclic) bond motifs is 3. The van der Waals surface area contributed by atoms with Crippen LogP contribution in [-0.2, 0) is 10.1 Å². The number of aryl methyl sites for hydroxylation is 1. The van der Waals surface area contributed by atoms with Crippen molar-refractivity contribution in [1.82, 2.24) is 4.98 Å². The molecule has 5 heteroatoms. The van der Waals surface area contributed by atoms with E-state index in [4.69, 9.17) is 0 Å². The molecular formula is C25H19NO3S. The van der Waals surface area contributed by atoms with Gasteiger partial charge in [-0.25, -0.2) is 0 Å². The van der Waals surface area contributed by atoms with Crippen LogP contribution in [0.2, 0.25) is 0 Å². The van der Waals surface area contributed by atoms with E-state index in [1.165, 1.54) is 0 Å². The normalized spacial score (nSPS) is 13.1. The van der Waals surface area contributed by atoms with E-state index in [-0.39, 0.29) is 0 Å². The van der Waals surface area contributed by atoms with Gasteiger partial charge in [-0.05, 0) is 69.9 Å². The van der Waals surface area contributed by atoms with E-state index in [2.05, 4.69) is 17.1 Å². The molecule has 5 aromatic rings. The van der Waals surface area contributed by atoms with E-state index in [1.54, 1.807) is 6.07 Å². The molecule has 0 fully saturated rings. The zero-order valence-electron chi connectivity index (χ0n) is 16.3. The van der Waals surface area contributed by atoms with Crippen molar-refractivity contribution in [3.05, 3.63) is 102 Å². The van der Waals surface area contributed by atoms with Crippen LogP contribution in [0, 0.1) is 6.92 Å². The van der Waals surface area contributed by atoms with Crippen LogP contribution < -0.4 is 0 Å². The second-order valence-corrected chi connectivity index (χ2v) is 9.08. The average Bonchev–Trinajstić information content (AvgIpc) is 2.72. The Morgan fingerprint density at radius 2 is 1.33 bits per heavy atom. The van der Waals surface area contributed by atoms with Gasteiger partial charge in [0.1, 0.15) is 0 Å². The minimum absolute atomic E-state index is 0.305. The molecule has 0 spiro atoms. The predicted molar refractivity (Wildman–Crippen MR) is 121 cm³/mol. The van der Waals surface area contributed by atoms with Gasteiger partial charge in [0.05, 0.1) is 11.2 Å². The third-order valence-electron chi connectivity index (χ3n) is 5.56. The maximum absolute atomic E-state index is 12.5. The summed E-state index contributed by atoms with van der Waals surface area (Å²) in [7, 11) is -4.44. The Morgan fingerprint density at radius 1 is 0.733 bits per heavy atom. The summed E-state index contributed by atoms with van der Waals surface area (Å²) in [6, 6.07) is 27.0. The highest BCUT2D eigenvalue weighted by atomic mass is 32.2. The first-order chi connectivity index (χ1) is 14.4. The standard InChI is InChI=1S/C25H19NO3S/c1-16-12-20-13-18-7-2-3-8-19(18)14-21(20)15-22(16)25(30(27,28)29)24-11-10-17-6-4-5-9-23(17)26-24/h2-15,25H,1H3,(H,27,28,29). The van der Waals surface area contributed by atoms with Gasteiger partial charge in [0.2, 0.25) is 0 Å². The Labute approximate surface area is 174 Å². The second kappa shape index (κ2) is 6.90. The average molecular weight is 413 g/mol. The van der Waals surface area contributed by atoms with Gasteiger partial charge in [0.15, 0.2) is 5.25 Å². The number of nitrogens with zero attached hydrogens (tertiary/aromatic N) is 1. The predicted octanol–water partition coefficient (Wildman–Crippen LogP) is 5.83. The monoisotopic (exact) mass is 413 g/mol. The van der Waals surface area contributed by atoms with Gasteiger partial charge in [-0.1, -0.05) is 54.6 Å². The van der Waals surface area contributed by atoms with Crippen LogP contribution >= 0.6 is 0 Å². The first-order valence-electron chi connectivity index (χ1n) is 9.65. The molecule has 0 saturated heterocycles. The summed E-state index contributed by atoms with van der Waals surface area (Å²) >= 11 is 0. The summed E-state index contributed by atoms with van der Waals surface area (Å²) in [6.07, 6.45) is 0. The Bertz CT molecular complexity index is 1540. The summed E-state index contributed by atoms with van der Waals surface area (Å²) in [5.41, 5.74) is 2.31. The molecule has 0 aliphatic heterocycles. The number of aromatic nitrogens is 1. The third kappa shape index (κ3) is 3.22. The van der Waals surface area contributed by atoms with Gasteiger partial charge < -0.3 is 0 Å². The maximum atomic E-state index is 12.5. The van der Waals surface area contributed by atoms with Crippen LogP contribution in [0.25, 0.3) is 32.4 Å². The lowest BCUT2D eigenvalue weighted by molar-refractivity contribution is 0.474. The Morgan fingerprint density at radius 3 is 2.00 bits per heavy atom. The fourth-order valence-corrected chi connectivity index (χ4v) is 5.12. The topological polar surface area (TPSA) is 67.3 Å². The van der Waals surface area contributed by atoms with Gasteiger partial charge in [0, 0.05) is 5.39 Å². The molecule has 1 unspecified atom stereocenters. The van der Waals surface area contributed by atoms with Crippen LogP contribution in [0.5, 0.6) is 0 Å². The van der Waals surface area contributed by atoms with Gasteiger partial charge >= 0.3 is 0 Å². The molecule has 0 aliphatic carbocycles. The smallest absolute Gasteiger partial charge is 0.277 e. The molecule has 0 radical (unpaired) electrons. The molecule has 4 aromatic carbocycles. The van der Waals surface area contributed by atoms with Crippen molar-refractivity contribution >= 4 is 42.6 Å². The van der Waals surface area contributed by atoms with Crippen LogP contribution in [-0.4, -0.2) is 18.0 Å². The fraction of sp³-hybridized carbons (Fsp3) is 0.0800. The highest BCUT2D eigenvalue weighted by Crippen LogP contribution is 2.35. The van der Waals surface area contributed by atoms with Crippen LogP contribution in [0.4, 0.5) is 0 Å².